The predicted molar refractivity (Wildman–Crippen MR) is 56.4 cm³/mol. The maximum absolute atomic E-state index is 11.4. The minimum absolute atomic E-state index is 0.0165. The summed E-state index contributed by atoms with van der Waals surface area (Å²) in [6.07, 6.45) is 3.04. The molecule has 0 fully saturated rings. The molecule has 0 amide bonds. The molecule has 0 aromatic carbocycles. The normalized spacial score (nSPS) is 19.6. The van der Waals surface area contributed by atoms with Gasteiger partial charge >= 0.3 is 5.97 Å². The molecule has 15 heavy (non-hydrogen) atoms. The average Bonchev–Trinajstić information content (AvgIpc) is 1.98. The first-order chi connectivity index (χ1) is 6.89. The Kier molecular flexibility index (Phi) is 3.50. The molecule has 84 valence electrons. The van der Waals surface area contributed by atoms with Gasteiger partial charge in [-0.05, 0) is 11.8 Å². The Morgan fingerprint density at radius 2 is 2.20 bits per heavy atom. The monoisotopic (exact) mass is 211 g/mol. The first-order valence-electron chi connectivity index (χ1n) is 5.08. The number of aliphatic carboxylic acids is 1. The Labute approximate surface area is 89.4 Å². The molecule has 0 radical (unpaired) electrons. The van der Waals surface area contributed by atoms with E-state index in [0.29, 0.717) is 13.0 Å². The lowest BCUT2D eigenvalue weighted by molar-refractivity contribution is -0.136. The zero-order valence-electron chi connectivity index (χ0n) is 9.17. The molecule has 0 aliphatic heterocycles. The molecule has 0 aromatic rings. The van der Waals surface area contributed by atoms with E-state index in [4.69, 9.17) is 5.11 Å². The molecule has 0 unspecified atom stereocenters. The van der Waals surface area contributed by atoms with Crippen molar-refractivity contribution in [3.63, 3.8) is 0 Å². The van der Waals surface area contributed by atoms with E-state index in [9.17, 15) is 9.59 Å². The van der Waals surface area contributed by atoms with Crippen LogP contribution in [0.2, 0.25) is 0 Å². The van der Waals surface area contributed by atoms with Crippen LogP contribution in [0.5, 0.6) is 0 Å². The summed E-state index contributed by atoms with van der Waals surface area (Å²) in [4.78, 5) is 21.7. The van der Waals surface area contributed by atoms with Gasteiger partial charge in [0, 0.05) is 24.7 Å². The van der Waals surface area contributed by atoms with Crippen LogP contribution in [-0.2, 0) is 9.59 Å². The highest BCUT2D eigenvalue weighted by atomic mass is 16.4. The second-order valence-electron chi connectivity index (χ2n) is 4.72. The van der Waals surface area contributed by atoms with Gasteiger partial charge < -0.3 is 10.4 Å². The van der Waals surface area contributed by atoms with Crippen molar-refractivity contribution in [1.29, 1.82) is 0 Å². The minimum atomic E-state index is -0.829. The number of carbonyl (C=O) groups excluding carboxylic acids is 1. The third kappa shape index (κ3) is 4.14. The van der Waals surface area contributed by atoms with E-state index < -0.39 is 5.97 Å². The maximum atomic E-state index is 11.4. The molecule has 0 atom stereocenters. The second-order valence-corrected chi connectivity index (χ2v) is 4.72. The summed E-state index contributed by atoms with van der Waals surface area (Å²) in [6, 6.07) is 0. The third-order valence-electron chi connectivity index (χ3n) is 2.35. The van der Waals surface area contributed by atoms with Gasteiger partial charge in [-0.25, -0.2) is 0 Å². The Morgan fingerprint density at radius 3 is 2.73 bits per heavy atom. The van der Waals surface area contributed by atoms with Crippen LogP contribution in [0.3, 0.4) is 0 Å². The van der Waals surface area contributed by atoms with Gasteiger partial charge in [0.15, 0.2) is 5.78 Å². The first-order valence-corrected chi connectivity index (χ1v) is 5.08. The van der Waals surface area contributed by atoms with Gasteiger partial charge in [-0.2, -0.15) is 0 Å². The molecule has 2 N–H and O–H groups in total. The number of hydrogen-bond acceptors (Lipinski definition) is 3. The van der Waals surface area contributed by atoms with E-state index in [1.807, 2.05) is 13.8 Å². The topological polar surface area (TPSA) is 66.4 Å². The Bertz CT molecular complexity index is 305. The smallest absolute Gasteiger partial charge is 0.305 e. The zero-order chi connectivity index (χ0) is 11.5. The van der Waals surface area contributed by atoms with Gasteiger partial charge in [-0.3, -0.25) is 9.59 Å². The lowest BCUT2D eigenvalue weighted by Gasteiger charge is -2.29. The maximum Gasteiger partial charge on any atom is 0.305 e. The molecule has 0 aromatic heterocycles. The number of nitrogens with one attached hydrogen (secondary N) is 1. The van der Waals surface area contributed by atoms with Gasteiger partial charge in [0.1, 0.15) is 0 Å². The number of rotatable bonds is 4. The standard InChI is InChI=1S/C11H17NO3/c1-11(2)6-8(5-9(13)7-11)12-4-3-10(14)15/h5,12H,3-4,6-7H2,1-2H3,(H,14,15). The molecule has 4 heteroatoms. The van der Waals surface area contributed by atoms with Crippen LogP contribution >= 0.6 is 0 Å². The van der Waals surface area contributed by atoms with Gasteiger partial charge in [0.05, 0.1) is 6.42 Å². The van der Waals surface area contributed by atoms with Crippen molar-refractivity contribution in [3.05, 3.63) is 11.8 Å². The van der Waals surface area contributed by atoms with Crippen LogP contribution in [0.25, 0.3) is 0 Å². The van der Waals surface area contributed by atoms with E-state index >= 15 is 0 Å². The second kappa shape index (κ2) is 4.47. The van der Waals surface area contributed by atoms with Crippen LogP contribution in [-0.4, -0.2) is 23.4 Å². The van der Waals surface area contributed by atoms with Crippen molar-refractivity contribution in [2.75, 3.05) is 6.54 Å². The molecule has 0 bridgehead atoms. The number of ketones is 1. The lowest BCUT2D eigenvalue weighted by Crippen LogP contribution is -2.28. The summed E-state index contributed by atoms with van der Waals surface area (Å²) in [6.45, 7) is 4.46. The fraction of sp³-hybridized carbons (Fsp3) is 0.636. The van der Waals surface area contributed by atoms with Crippen molar-refractivity contribution in [3.8, 4) is 0 Å². The van der Waals surface area contributed by atoms with Crippen LogP contribution in [0.4, 0.5) is 0 Å². The van der Waals surface area contributed by atoms with Gasteiger partial charge in [-0.1, -0.05) is 13.8 Å². The number of carboxylic acid groups (broad SMARTS) is 1. The molecule has 0 spiro atoms. The van der Waals surface area contributed by atoms with Gasteiger partial charge in [-0.15, -0.1) is 0 Å². The van der Waals surface area contributed by atoms with E-state index in [2.05, 4.69) is 5.32 Å². The molecule has 1 rings (SSSR count). The quantitative estimate of drug-likeness (QED) is 0.736. The van der Waals surface area contributed by atoms with Gasteiger partial charge in [0.2, 0.25) is 0 Å². The van der Waals surface area contributed by atoms with Crippen LogP contribution < -0.4 is 5.32 Å². The van der Waals surface area contributed by atoms with Crippen LogP contribution in [0.15, 0.2) is 11.8 Å². The lowest BCUT2D eigenvalue weighted by atomic mass is 9.79. The summed E-state index contributed by atoms with van der Waals surface area (Å²) < 4.78 is 0. The van der Waals surface area contributed by atoms with Crippen LogP contribution in [0, 0.1) is 5.41 Å². The molecular formula is C11H17NO3. The molecule has 0 saturated heterocycles. The van der Waals surface area contributed by atoms with Crippen molar-refractivity contribution < 1.29 is 14.7 Å². The molecule has 1 aliphatic carbocycles. The molecule has 0 saturated carbocycles. The largest absolute Gasteiger partial charge is 0.481 e. The summed E-state index contributed by atoms with van der Waals surface area (Å²) in [5.74, 6) is -0.714. The number of allylic oxidation sites excluding steroid dienone is 2. The Balaban J connectivity index is 2.48. The molecule has 4 nitrogen and oxygen atoms in total. The molecule has 1 aliphatic rings. The predicted octanol–water partition coefficient (Wildman–Crippen LogP) is 1.32. The molecular weight excluding hydrogens is 194 g/mol. The summed E-state index contributed by atoms with van der Waals surface area (Å²) >= 11 is 0. The fourth-order valence-electron chi connectivity index (χ4n) is 1.79. The van der Waals surface area contributed by atoms with Gasteiger partial charge in [0.25, 0.3) is 0 Å². The highest BCUT2D eigenvalue weighted by molar-refractivity contribution is 5.91. The van der Waals surface area contributed by atoms with E-state index in [1.54, 1.807) is 6.08 Å². The summed E-state index contributed by atoms with van der Waals surface area (Å²) in [7, 11) is 0. The van der Waals surface area contributed by atoms with Crippen LogP contribution in [0.1, 0.15) is 33.1 Å². The average molecular weight is 211 g/mol. The van der Waals surface area contributed by atoms with Crippen molar-refractivity contribution >= 4 is 11.8 Å². The van der Waals surface area contributed by atoms with Crippen molar-refractivity contribution in [1.82, 2.24) is 5.32 Å². The zero-order valence-corrected chi connectivity index (χ0v) is 9.17. The Morgan fingerprint density at radius 1 is 1.53 bits per heavy atom. The SMILES string of the molecule is CC1(C)CC(=O)C=C(NCCC(=O)O)C1. The number of carboxylic acids is 1. The minimum Gasteiger partial charge on any atom is -0.481 e. The highest BCUT2D eigenvalue weighted by Gasteiger charge is 2.27. The summed E-state index contributed by atoms with van der Waals surface area (Å²) in [5.41, 5.74) is 0.842. The van der Waals surface area contributed by atoms with Crippen molar-refractivity contribution in [2.45, 2.75) is 33.1 Å². The highest BCUT2D eigenvalue weighted by Crippen LogP contribution is 2.32. The first kappa shape index (κ1) is 11.8. The van der Waals surface area contributed by atoms with E-state index in [-0.39, 0.29) is 17.6 Å². The molecule has 0 heterocycles. The van der Waals surface area contributed by atoms with E-state index in [0.717, 1.165) is 12.1 Å². The number of carbonyl (C=O) groups is 2. The third-order valence-corrected chi connectivity index (χ3v) is 2.35. The van der Waals surface area contributed by atoms with Crippen molar-refractivity contribution in [2.24, 2.45) is 5.41 Å². The van der Waals surface area contributed by atoms with E-state index in [1.165, 1.54) is 0 Å². The number of hydrogen-bond donors (Lipinski definition) is 2. The fourth-order valence-corrected chi connectivity index (χ4v) is 1.79. The Hall–Kier alpha value is -1.32. The summed E-state index contributed by atoms with van der Waals surface area (Å²) in [5, 5.41) is 11.5.